The molecular weight excluding hydrogens is 423 g/mol. The van der Waals surface area contributed by atoms with Crippen LogP contribution in [0.3, 0.4) is 0 Å². The largest absolute Gasteiger partial charge is 0.368 e. The van der Waals surface area contributed by atoms with Crippen LogP contribution >= 0.6 is 24.8 Å². The highest BCUT2D eigenvalue weighted by Crippen LogP contribution is 2.18. The number of piperidine rings is 1. The smallest absolute Gasteiger partial charge is 0.222 e. The van der Waals surface area contributed by atoms with Gasteiger partial charge in [-0.3, -0.25) is 9.59 Å². The first-order valence-corrected chi connectivity index (χ1v) is 10.8. The van der Waals surface area contributed by atoms with E-state index >= 15 is 0 Å². The normalized spacial score (nSPS) is 16.9. The zero-order valence-electron chi connectivity index (χ0n) is 17.7. The molecule has 2 aliphatic rings. The van der Waals surface area contributed by atoms with Gasteiger partial charge >= 0.3 is 0 Å². The van der Waals surface area contributed by atoms with Crippen LogP contribution < -0.4 is 15.5 Å². The third-order valence-corrected chi connectivity index (χ3v) is 5.88. The van der Waals surface area contributed by atoms with Crippen molar-refractivity contribution in [3.8, 4) is 0 Å². The lowest BCUT2D eigenvalue weighted by atomic mass is 9.93. The van der Waals surface area contributed by atoms with E-state index in [0.29, 0.717) is 25.3 Å². The predicted octanol–water partition coefficient (Wildman–Crippen LogP) is 2.86. The molecule has 30 heavy (non-hydrogen) atoms. The Hall–Kier alpha value is -1.50. The molecule has 6 nitrogen and oxygen atoms in total. The Morgan fingerprint density at radius 3 is 2.30 bits per heavy atom. The number of rotatable bonds is 8. The summed E-state index contributed by atoms with van der Waals surface area (Å²) in [5.74, 6) is 1.02. The number of carbonyl (C=O) groups excluding carboxylic acids is 2. The lowest BCUT2D eigenvalue weighted by Crippen LogP contribution is -2.48. The summed E-state index contributed by atoms with van der Waals surface area (Å²) in [6.45, 7) is 6.06. The number of anilines is 1. The Labute approximate surface area is 193 Å². The van der Waals surface area contributed by atoms with Gasteiger partial charge in [0.15, 0.2) is 0 Å². The van der Waals surface area contributed by atoms with Gasteiger partial charge in [0.2, 0.25) is 11.8 Å². The summed E-state index contributed by atoms with van der Waals surface area (Å²) < 4.78 is 0. The fraction of sp³-hybridized carbons (Fsp3) is 0.636. The Morgan fingerprint density at radius 1 is 0.967 bits per heavy atom. The standard InChI is InChI=1S/C22H34N4O2.2ClH/c27-21(9-8-19-10-13-23-14-11-19)24-12-4-7-22(28)26-17-15-25(16-18-26)20-5-2-1-3-6-20;;/h1-3,5-6,19,23H,4,7-18H2,(H,24,27);2*1H. The van der Waals surface area contributed by atoms with Crippen molar-refractivity contribution >= 4 is 42.3 Å². The molecule has 0 radical (unpaired) electrons. The maximum atomic E-state index is 12.4. The summed E-state index contributed by atoms with van der Waals surface area (Å²) >= 11 is 0. The molecule has 1 aromatic carbocycles. The number of hydrogen-bond donors (Lipinski definition) is 2. The van der Waals surface area contributed by atoms with Gasteiger partial charge in [-0.25, -0.2) is 0 Å². The minimum absolute atomic E-state index is 0. The van der Waals surface area contributed by atoms with E-state index in [-0.39, 0.29) is 36.6 Å². The number of piperazine rings is 1. The molecule has 0 aromatic heterocycles. The highest BCUT2D eigenvalue weighted by molar-refractivity contribution is 5.85. The predicted molar refractivity (Wildman–Crippen MR) is 127 cm³/mol. The van der Waals surface area contributed by atoms with Crippen molar-refractivity contribution in [3.05, 3.63) is 30.3 Å². The Bertz CT molecular complexity index is 619. The van der Waals surface area contributed by atoms with E-state index in [1.165, 1.54) is 18.5 Å². The van der Waals surface area contributed by atoms with Crippen molar-refractivity contribution in [3.63, 3.8) is 0 Å². The summed E-state index contributed by atoms with van der Waals surface area (Å²) in [7, 11) is 0. The third kappa shape index (κ3) is 8.70. The van der Waals surface area contributed by atoms with Gasteiger partial charge in [-0.1, -0.05) is 18.2 Å². The van der Waals surface area contributed by atoms with E-state index in [0.717, 1.165) is 52.1 Å². The average molecular weight is 459 g/mol. The van der Waals surface area contributed by atoms with Crippen molar-refractivity contribution in [1.29, 1.82) is 0 Å². The molecule has 0 atom stereocenters. The summed E-state index contributed by atoms with van der Waals surface area (Å²) in [5, 5.41) is 6.33. The second-order valence-corrected chi connectivity index (χ2v) is 7.89. The molecule has 0 bridgehead atoms. The van der Waals surface area contributed by atoms with Gasteiger partial charge in [-0.05, 0) is 56.8 Å². The molecule has 1 aromatic rings. The van der Waals surface area contributed by atoms with E-state index in [9.17, 15) is 9.59 Å². The minimum Gasteiger partial charge on any atom is -0.368 e. The second kappa shape index (κ2) is 14.5. The number of amides is 2. The van der Waals surface area contributed by atoms with Gasteiger partial charge in [0, 0.05) is 51.3 Å². The van der Waals surface area contributed by atoms with Crippen molar-refractivity contribution in [1.82, 2.24) is 15.5 Å². The summed E-state index contributed by atoms with van der Waals surface area (Å²) in [6, 6.07) is 10.4. The summed E-state index contributed by atoms with van der Waals surface area (Å²) in [6.07, 6.45) is 5.19. The zero-order chi connectivity index (χ0) is 19.6. The number of hydrogen-bond acceptors (Lipinski definition) is 4. The topological polar surface area (TPSA) is 64.7 Å². The molecule has 0 spiro atoms. The van der Waals surface area contributed by atoms with Gasteiger partial charge in [0.1, 0.15) is 0 Å². The molecule has 0 saturated carbocycles. The monoisotopic (exact) mass is 458 g/mol. The van der Waals surface area contributed by atoms with Crippen LogP contribution in [0.2, 0.25) is 0 Å². The molecule has 2 heterocycles. The fourth-order valence-corrected chi connectivity index (χ4v) is 4.07. The maximum absolute atomic E-state index is 12.4. The van der Waals surface area contributed by atoms with Crippen LogP contribution in [0.1, 0.15) is 38.5 Å². The van der Waals surface area contributed by atoms with Crippen LogP contribution in [0.5, 0.6) is 0 Å². The molecule has 2 aliphatic heterocycles. The molecule has 2 N–H and O–H groups in total. The van der Waals surface area contributed by atoms with Gasteiger partial charge in [0.25, 0.3) is 0 Å². The van der Waals surface area contributed by atoms with Crippen molar-refractivity contribution in [2.45, 2.75) is 38.5 Å². The van der Waals surface area contributed by atoms with Crippen LogP contribution in [0.25, 0.3) is 0 Å². The molecule has 170 valence electrons. The first-order valence-electron chi connectivity index (χ1n) is 10.8. The van der Waals surface area contributed by atoms with Crippen LogP contribution in [0.4, 0.5) is 5.69 Å². The first-order chi connectivity index (χ1) is 13.7. The van der Waals surface area contributed by atoms with Crippen molar-refractivity contribution in [2.24, 2.45) is 5.92 Å². The molecule has 2 fully saturated rings. The average Bonchev–Trinajstić information content (AvgIpc) is 2.76. The lowest BCUT2D eigenvalue weighted by Gasteiger charge is -2.36. The van der Waals surface area contributed by atoms with Crippen LogP contribution in [-0.2, 0) is 9.59 Å². The molecular formula is C22H36Cl2N4O2. The van der Waals surface area contributed by atoms with Gasteiger partial charge in [-0.15, -0.1) is 24.8 Å². The zero-order valence-corrected chi connectivity index (χ0v) is 19.3. The molecule has 8 heteroatoms. The SMILES string of the molecule is Cl.Cl.O=C(CCC1CCNCC1)NCCCC(=O)N1CCN(c2ccccc2)CC1. The van der Waals surface area contributed by atoms with E-state index in [2.05, 4.69) is 27.7 Å². The van der Waals surface area contributed by atoms with E-state index < -0.39 is 0 Å². The third-order valence-electron chi connectivity index (χ3n) is 5.88. The van der Waals surface area contributed by atoms with E-state index in [1.807, 2.05) is 23.1 Å². The number of carbonyl (C=O) groups is 2. The molecule has 0 unspecified atom stereocenters. The van der Waals surface area contributed by atoms with E-state index in [1.54, 1.807) is 0 Å². The number of halogens is 2. The Morgan fingerprint density at radius 2 is 1.63 bits per heavy atom. The number of nitrogens with one attached hydrogen (secondary N) is 2. The first kappa shape index (κ1) is 26.5. The second-order valence-electron chi connectivity index (χ2n) is 7.89. The van der Waals surface area contributed by atoms with Crippen LogP contribution in [-0.4, -0.2) is 62.5 Å². The van der Waals surface area contributed by atoms with Crippen molar-refractivity contribution < 1.29 is 9.59 Å². The van der Waals surface area contributed by atoms with E-state index in [4.69, 9.17) is 0 Å². The molecule has 2 saturated heterocycles. The van der Waals surface area contributed by atoms with Crippen LogP contribution in [0, 0.1) is 5.92 Å². The quantitative estimate of drug-likeness (QED) is 0.587. The highest BCUT2D eigenvalue weighted by Gasteiger charge is 2.21. The molecule has 3 rings (SSSR count). The van der Waals surface area contributed by atoms with Gasteiger partial charge in [0.05, 0.1) is 0 Å². The fourth-order valence-electron chi connectivity index (χ4n) is 4.07. The molecule has 2 amide bonds. The van der Waals surface area contributed by atoms with Gasteiger partial charge in [-0.2, -0.15) is 0 Å². The van der Waals surface area contributed by atoms with Crippen LogP contribution in [0.15, 0.2) is 30.3 Å². The van der Waals surface area contributed by atoms with Crippen molar-refractivity contribution in [2.75, 3.05) is 50.7 Å². The summed E-state index contributed by atoms with van der Waals surface area (Å²) in [5.41, 5.74) is 1.22. The number of para-hydroxylation sites is 1. The lowest BCUT2D eigenvalue weighted by molar-refractivity contribution is -0.131. The number of nitrogens with zero attached hydrogens (tertiary/aromatic N) is 2. The Kier molecular flexibility index (Phi) is 12.8. The highest BCUT2D eigenvalue weighted by atomic mass is 35.5. The number of benzene rings is 1. The Balaban J connectivity index is 0.00000225. The molecule has 0 aliphatic carbocycles. The van der Waals surface area contributed by atoms with Gasteiger partial charge < -0.3 is 20.4 Å². The minimum atomic E-state index is 0. The maximum Gasteiger partial charge on any atom is 0.222 e. The summed E-state index contributed by atoms with van der Waals surface area (Å²) in [4.78, 5) is 28.7.